The predicted octanol–water partition coefficient (Wildman–Crippen LogP) is 4.14. The highest BCUT2D eigenvalue weighted by atomic mass is 79.9. The number of ketones is 1. The highest BCUT2D eigenvalue weighted by molar-refractivity contribution is 9.09. The van der Waals surface area contributed by atoms with Gasteiger partial charge in [0.05, 0.1) is 17.4 Å². The normalized spacial score (nSPS) is 14.0. The molecule has 1 aromatic heterocycles. The number of alkyl halides is 1. The number of halogens is 3. The highest BCUT2D eigenvalue weighted by Crippen LogP contribution is 2.41. The highest BCUT2D eigenvalue weighted by Gasteiger charge is 2.44. The van der Waals surface area contributed by atoms with E-state index >= 15 is 4.39 Å². The number of aromatic nitrogens is 1. The van der Waals surface area contributed by atoms with Crippen LogP contribution in [-0.2, 0) is 25.7 Å². The van der Waals surface area contributed by atoms with Gasteiger partial charge in [-0.25, -0.2) is 13.6 Å². The van der Waals surface area contributed by atoms with E-state index in [1.807, 2.05) is 55.7 Å². The molecule has 1 heterocycles. The topological polar surface area (TPSA) is 181 Å². The Balaban J connectivity index is 1.97. The second-order valence-corrected chi connectivity index (χ2v) is 13.9. The van der Waals surface area contributed by atoms with E-state index < -0.39 is 58.9 Å². The molecule has 7 N–H and O–H groups in total. The Morgan fingerprint density at radius 3 is 2.32 bits per heavy atom. The summed E-state index contributed by atoms with van der Waals surface area (Å²) in [6, 6.07) is 12.1. The molecule has 3 atom stereocenters. The zero-order valence-electron chi connectivity index (χ0n) is 28.5. The zero-order chi connectivity index (χ0) is 37.2. The summed E-state index contributed by atoms with van der Waals surface area (Å²) in [7, 11) is 0. The zero-order valence-corrected chi connectivity index (χ0v) is 30.1. The third-order valence-electron chi connectivity index (χ3n) is 8.51. The standard InChI is InChI=1S/C36H46BrF2N5O6/c1-35(2,3)32(29-17-24(26-18-25(38)11-12-27(26)39)21-43(29)20-23-9-5-4-6-10-23)44(31(47)22-45)16-13-28(40)33(48)36(41,34(49)50)14-7-8-15-42-30(46)19-37/h4-6,9-12,17-18,21,28,32,45H,7-8,13-16,19-20,22,40-41H2,1-3H3,(H,42,46)(H,49,50)/t28-,32-,36-/m0/s1. The molecule has 11 nitrogen and oxygen atoms in total. The number of unbranched alkanes of at least 4 members (excludes halogenated alkanes) is 1. The molecule has 3 rings (SSSR count). The van der Waals surface area contributed by atoms with Crippen molar-refractivity contribution in [3.63, 3.8) is 0 Å². The minimum atomic E-state index is -2.30. The monoisotopic (exact) mass is 761 g/mol. The minimum Gasteiger partial charge on any atom is -0.480 e. The Morgan fingerprint density at radius 2 is 1.72 bits per heavy atom. The SMILES string of the molecule is CC(C)(C)[C@H](c1cc(-c2cc(F)ccc2F)cn1Cc1ccccc1)N(CC[C@H](N)C(=O)[C@@](N)(CCCCNC(=O)CBr)C(=O)O)C(=O)CO. The van der Waals surface area contributed by atoms with Crippen molar-refractivity contribution in [2.75, 3.05) is 25.0 Å². The number of nitrogens with two attached hydrogens (primary N) is 2. The summed E-state index contributed by atoms with van der Waals surface area (Å²) in [5.41, 5.74) is 11.2. The molecule has 0 saturated heterocycles. The number of Topliss-reactive ketones (excluding diaryl/α,β-unsaturated/α-hetero) is 1. The number of carboxylic acid groups (broad SMARTS) is 1. The summed E-state index contributed by atoms with van der Waals surface area (Å²) in [4.78, 5) is 52.0. The van der Waals surface area contributed by atoms with E-state index in [-0.39, 0.29) is 49.2 Å². The molecule has 50 heavy (non-hydrogen) atoms. The summed E-state index contributed by atoms with van der Waals surface area (Å²) >= 11 is 3.04. The van der Waals surface area contributed by atoms with Crippen LogP contribution in [0.1, 0.15) is 63.8 Å². The summed E-state index contributed by atoms with van der Waals surface area (Å²) in [5, 5.41) is 22.8. The van der Waals surface area contributed by atoms with Crippen molar-refractivity contribution in [1.29, 1.82) is 0 Å². The fraction of sp³-hybridized carbons (Fsp3) is 0.444. The van der Waals surface area contributed by atoms with Crippen molar-refractivity contribution in [1.82, 2.24) is 14.8 Å². The van der Waals surface area contributed by atoms with Gasteiger partial charge in [-0.05, 0) is 60.9 Å². The lowest BCUT2D eigenvalue weighted by molar-refractivity contribution is -0.149. The lowest BCUT2D eigenvalue weighted by Gasteiger charge is -2.41. The fourth-order valence-corrected chi connectivity index (χ4v) is 6.18. The van der Waals surface area contributed by atoms with Crippen LogP contribution >= 0.6 is 15.9 Å². The van der Waals surface area contributed by atoms with Gasteiger partial charge in [-0.1, -0.05) is 67.0 Å². The van der Waals surface area contributed by atoms with Gasteiger partial charge in [0.15, 0.2) is 11.3 Å². The Bertz CT molecular complexity index is 1650. The number of aliphatic hydroxyl groups excluding tert-OH is 1. The van der Waals surface area contributed by atoms with Crippen LogP contribution in [0, 0.1) is 17.0 Å². The number of aliphatic hydroxyl groups is 1. The Morgan fingerprint density at radius 1 is 1.04 bits per heavy atom. The molecule has 3 aromatic rings. The molecule has 0 fully saturated rings. The Labute approximate surface area is 299 Å². The first-order valence-electron chi connectivity index (χ1n) is 16.3. The van der Waals surface area contributed by atoms with Gasteiger partial charge in [0, 0.05) is 42.7 Å². The predicted molar refractivity (Wildman–Crippen MR) is 189 cm³/mol. The lowest BCUT2D eigenvalue weighted by atomic mass is 9.82. The number of carbonyl (C=O) groups is 4. The van der Waals surface area contributed by atoms with Gasteiger partial charge < -0.3 is 36.5 Å². The number of rotatable bonds is 18. The molecule has 0 radical (unpaired) electrons. The summed E-state index contributed by atoms with van der Waals surface area (Å²) in [6.07, 6.45) is 1.86. The van der Waals surface area contributed by atoms with Crippen molar-refractivity contribution in [2.45, 2.75) is 70.6 Å². The maximum atomic E-state index is 15.0. The number of amides is 2. The van der Waals surface area contributed by atoms with E-state index in [9.17, 15) is 33.8 Å². The largest absolute Gasteiger partial charge is 0.480 e. The maximum Gasteiger partial charge on any atom is 0.331 e. The van der Waals surface area contributed by atoms with E-state index in [4.69, 9.17) is 11.5 Å². The first-order chi connectivity index (χ1) is 23.5. The van der Waals surface area contributed by atoms with Crippen molar-refractivity contribution < 1.29 is 38.2 Å². The molecule has 0 aliphatic carbocycles. The van der Waals surface area contributed by atoms with Crippen LogP contribution in [0.25, 0.3) is 11.1 Å². The third-order valence-corrected chi connectivity index (χ3v) is 9.02. The van der Waals surface area contributed by atoms with Gasteiger partial charge in [-0.2, -0.15) is 0 Å². The molecule has 0 aliphatic rings. The molecule has 14 heteroatoms. The van der Waals surface area contributed by atoms with Gasteiger partial charge in [0.1, 0.15) is 18.2 Å². The van der Waals surface area contributed by atoms with E-state index in [0.29, 0.717) is 24.2 Å². The van der Waals surface area contributed by atoms with Gasteiger partial charge in [-0.3, -0.25) is 14.4 Å². The number of nitrogens with zero attached hydrogens (tertiary/aromatic N) is 2. The molecule has 0 unspecified atom stereocenters. The van der Waals surface area contributed by atoms with Gasteiger partial charge >= 0.3 is 5.97 Å². The van der Waals surface area contributed by atoms with Crippen LogP contribution in [0.4, 0.5) is 8.78 Å². The smallest absolute Gasteiger partial charge is 0.331 e. The quantitative estimate of drug-likeness (QED) is 0.0729. The van der Waals surface area contributed by atoms with Crippen molar-refractivity contribution in [2.24, 2.45) is 16.9 Å². The van der Waals surface area contributed by atoms with E-state index in [0.717, 1.165) is 23.8 Å². The molecular formula is C36H46BrF2N5O6. The van der Waals surface area contributed by atoms with Crippen molar-refractivity contribution in [3.05, 3.63) is 83.7 Å². The van der Waals surface area contributed by atoms with Crippen molar-refractivity contribution >= 4 is 39.5 Å². The number of carboxylic acids is 1. The molecular weight excluding hydrogens is 716 g/mol. The number of hydrogen-bond donors (Lipinski definition) is 5. The molecule has 0 spiro atoms. The van der Waals surface area contributed by atoms with E-state index in [1.54, 1.807) is 12.3 Å². The second kappa shape index (κ2) is 17.8. The average Bonchev–Trinajstić information content (AvgIpc) is 3.48. The number of hydrogen-bond acceptors (Lipinski definition) is 7. The minimum absolute atomic E-state index is 0.0248. The lowest BCUT2D eigenvalue weighted by Crippen LogP contribution is -2.60. The average molecular weight is 763 g/mol. The fourth-order valence-electron chi connectivity index (χ4n) is 5.98. The number of aliphatic carboxylic acids is 1. The summed E-state index contributed by atoms with van der Waals surface area (Å²) in [5.74, 6) is -4.65. The Kier molecular flexibility index (Phi) is 14.4. The number of nitrogens with one attached hydrogen (secondary N) is 1. The molecule has 0 aliphatic heterocycles. The van der Waals surface area contributed by atoms with Gasteiger partial charge in [-0.15, -0.1) is 0 Å². The van der Waals surface area contributed by atoms with Crippen LogP contribution in [0.15, 0.2) is 60.8 Å². The van der Waals surface area contributed by atoms with Crippen LogP contribution in [0.3, 0.4) is 0 Å². The molecule has 0 saturated carbocycles. The van der Waals surface area contributed by atoms with E-state index in [2.05, 4.69) is 21.2 Å². The number of carbonyl (C=O) groups excluding carboxylic acids is 3. The number of benzene rings is 2. The van der Waals surface area contributed by atoms with Gasteiger partial charge in [0.25, 0.3) is 0 Å². The van der Waals surface area contributed by atoms with Crippen LogP contribution in [0.2, 0.25) is 0 Å². The Hall–Kier alpha value is -3.98. The molecule has 272 valence electrons. The molecule has 0 bridgehead atoms. The summed E-state index contributed by atoms with van der Waals surface area (Å²) in [6.45, 7) is 5.17. The maximum absolute atomic E-state index is 15.0. The van der Waals surface area contributed by atoms with Crippen LogP contribution in [-0.4, -0.2) is 79.9 Å². The third kappa shape index (κ3) is 10.3. The van der Waals surface area contributed by atoms with E-state index in [1.165, 1.54) is 4.90 Å². The van der Waals surface area contributed by atoms with Crippen LogP contribution in [0.5, 0.6) is 0 Å². The van der Waals surface area contributed by atoms with Crippen LogP contribution < -0.4 is 16.8 Å². The van der Waals surface area contributed by atoms with Crippen molar-refractivity contribution in [3.8, 4) is 11.1 Å². The van der Waals surface area contributed by atoms with Gasteiger partial charge in [0.2, 0.25) is 11.8 Å². The molecule has 2 aromatic carbocycles. The first-order valence-corrected chi connectivity index (χ1v) is 17.4. The molecule has 2 amide bonds. The second-order valence-electron chi connectivity index (χ2n) is 13.4. The summed E-state index contributed by atoms with van der Waals surface area (Å²) < 4.78 is 31.1. The first kappa shape index (κ1) is 40.4.